The monoisotopic (exact) mass is 594 g/mol. The SMILES string of the molecule is C=C1NC(=O)N[C@H](c2ccc(OCC(=O)Nc3ccc(Br)cc3)c(OC)c2)[C@H]1C(=O)Nc1ccccc1OC. The topological polar surface area (TPSA) is 127 Å². The minimum atomic E-state index is -0.860. The van der Waals surface area contributed by atoms with Gasteiger partial charge < -0.3 is 35.5 Å². The maximum absolute atomic E-state index is 13.4. The number of benzene rings is 3. The van der Waals surface area contributed by atoms with Crippen molar-refractivity contribution in [2.24, 2.45) is 5.92 Å². The zero-order chi connectivity index (χ0) is 27.9. The summed E-state index contributed by atoms with van der Waals surface area (Å²) in [7, 11) is 2.97. The van der Waals surface area contributed by atoms with Crippen LogP contribution in [0.5, 0.6) is 17.2 Å². The van der Waals surface area contributed by atoms with Crippen molar-refractivity contribution in [1.82, 2.24) is 10.6 Å². The van der Waals surface area contributed by atoms with E-state index in [1.54, 1.807) is 54.6 Å². The van der Waals surface area contributed by atoms with Crippen LogP contribution in [0.3, 0.4) is 0 Å². The van der Waals surface area contributed by atoms with Gasteiger partial charge in [0.1, 0.15) is 11.7 Å². The summed E-state index contributed by atoms with van der Waals surface area (Å²) in [6.07, 6.45) is 0. The van der Waals surface area contributed by atoms with Crippen molar-refractivity contribution >= 4 is 45.2 Å². The van der Waals surface area contributed by atoms with E-state index in [0.29, 0.717) is 34.2 Å². The first-order valence-electron chi connectivity index (χ1n) is 11.9. The lowest BCUT2D eigenvalue weighted by Gasteiger charge is -2.34. The van der Waals surface area contributed by atoms with Gasteiger partial charge in [0.05, 0.1) is 25.9 Å². The molecule has 1 aliphatic rings. The molecule has 4 amide bonds. The molecule has 1 heterocycles. The van der Waals surface area contributed by atoms with Gasteiger partial charge in [-0.15, -0.1) is 0 Å². The van der Waals surface area contributed by atoms with Crippen molar-refractivity contribution in [3.8, 4) is 17.2 Å². The molecule has 4 N–H and O–H groups in total. The summed E-state index contributed by atoms with van der Waals surface area (Å²) in [5.74, 6) is -0.467. The average molecular weight is 595 g/mol. The minimum absolute atomic E-state index is 0.236. The molecule has 0 unspecified atom stereocenters. The van der Waals surface area contributed by atoms with Crippen molar-refractivity contribution in [3.63, 3.8) is 0 Å². The van der Waals surface area contributed by atoms with Crippen LogP contribution < -0.4 is 35.5 Å². The predicted molar refractivity (Wildman–Crippen MR) is 150 cm³/mol. The van der Waals surface area contributed by atoms with Crippen LogP contribution in [0, 0.1) is 5.92 Å². The molecule has 0 bridgehead atoms. The maximum atomic E-state index is 13.4. The van der Waals surface area contributed by atoms with Gasteiger partial charge in [-0.1, -0.05) is 40.7 Å². The average Bonchev–Trinajstić information content (AvgIpc) is 2.92. The first kappa shape index (κ1) is 27.5. The van der Waals surface area contributed by atoms with Crippen LogP contribution in [0.2, 0.25) is 0 Å². The minimum Gasteiger partial charge on any atom is -0.495 e. The van der Waals surface area contributed by atoms with Crippen molar-refractivity contribution in [1.29, 1.82) is 0 Å². The van der Waals surface area contributed by atoms with Crippen molar-refractivity contribution < 1.29 is 28.6 Å². The molecule has 0 spiro atoms. The number of halogens is 1. The number of carbonyl (C=O) groups excluding carboxylic acids is 3. The van der Waals surface area contributed by atoms with E-state index in [9.17, 15) is 14.4 Å². The highest BCUT2D eigenvalue weighted by Crippen LogP contribution is 2.36. The smallest absolute Gasteiger partial charge is 0.319 e. The molecule has 1 aliphatic heterocycles. The van der Waals surface area contributed by atoms with Crippen molar-refractivity contribution in [3.05, 3.63) is 89.0 Å². The first-order chi connectivity index (χ1) is 18.8. The lowest BCUT2D eigenvalue weighted by atomic mass is 9.88. The largest absolute Gasteiger partial charge is 0.495 e. The molecule has 2 atom stereocenters. The fourth-order valence-corrected chi connectivity index (χ4v) is 4.36. The second-order valence-corrected chi connectivity index (χ2v) is 9.44. The quantitative estimate of drug-likeness (QED) is 0.286. The number of nitrogens with one attached hydrogen (secondary N) is 4. The number of para-hydroxylation sites is 2. The Bertz CT molecular complexity index is 1400. The van der Waals surface area contributed by atoms with Crippen LogP contribution in [0.15, 0.2) is 83.5 Å². The molecule has 11 heteroatoms. The van der Waals surface area contributed by atoms with Crippen LogP contribution in [-0.2, 0) is 9.59 Å². The van der Waals surface area contributed by atoms with Crippen molar-refractivity contribution in [2.45, 2.75) is 6.04 Å². The Morgan fingerprint density at radius 1 is 0.949 bits per heavy atom. The third kappa shape index (κ3) is 6.68. The number of amides is 4. The standard InChI is InChI=1S/C28H27BrN4O6/c1-16-25(27(35)32-20-6-4-5-7-21(20)37-2)26(33-28(36)30-16)17-8-13-22(23(14-17)38-3)39-15-24(34)31-19-11-9-18(29)10-12-19/h4-14,25-26H,1,15H2,2-3H3,(H,31,34)(H,32,35)(H2,30,33,36)/t25-,26+/m0/s1. The second-order valence-electron chi connectivity index (χ2n) is 8.52. The van der Waals surface area contributed by atoms with Gasteiger partial charge in [-0.05, 0) is 54.1 Å². The Morgan fingerprint density at radius 2 is 1.67 bits per heavy atom. The summed E-state index contributed by atoms with van der Waals surface area (Å²) in [5.41, 5.74) is 1.93. The number of hydrogen-bond donors (Lipinski definition) is 4. The van der Waals surface area contributed by atoms with Crippen LogP contribution in [0.1, 0.15) is 11.6 Å². The van der Waals surface area contributed by atoms with Gasteiger partial charge in [0.15, 0.2) is 18.1 Å². The number of rotatable bonds is 9. The van der Waals surface area contributed by atoms with Crippen molar-refractivity contribution in [2.75, 3.05) is 31.5 Å². The summed E-state index contributed by atoms with van der Waals surface area (Å²) in [6.45, 7) is 3.65. The Hall–Kier alpha value is -4.51. The summed E-state index contributed by atoms with van der Waals surface area (Å²) >= 11 is 3.35. The van der Waals surface area contributed by atoms with E-state index in [1.807, 2.05) is 12.1 Å². The number of methoxy groups -OCH3 is 2. The summed E-state index contributed by atoms with van der Waals surface area (Å²) < 4.78 is 17.4. The van der Waals surface area contributed by atoms with E-state index in [4.69, 9.17) is 14.2 Å². The number of ether oxygens (including phenoxy) is 3. The van der Waals surface area contributed by atoms with Crippen LogP contribution >= 0.6 is 15.9 Å². The Morgan fingerprint density at radius 3 is 2.38 bits per heavy atom. The zero-order valence-corrected chi connectivity index (χ0v) is 22.8. The van der Waals surface area contributed by atoms with E-state index in [0.717, 1.165) is 4.47 Å². The fraction of sp³-hybridized carbons (Fsp3) is 0.179. The Kier molecular flexibility index (Phi) is 8.72. The number of urea groups is 1. The third-order valence-electron chi connectivity index (χ3n) is 5.95. The normalized spacial score (nSPS) is 16.4. The Balaban J connectivity index is 1.51. The molecule has 1 saturated heterocycles. The second kappa shape index (κ2) is 12.4. The fourth-order valence-electron chi connectivity index (χ4n) is 4.10. The lowest BCUT2D eigenvalue weighted by molar-refractivity contribution is -0.120. The summed E-state index contributed by atoms with van der Waals surface area (Å²) in [4.78, 5) is 38.1. The van der Waals surface area contributed by atoms with Gasteiger partial charge in [0, 0.05) is 15.9 Å². The van der Waals surface area contributed by atoms with Gasteiger partial charge in [-0.2, -0.15) is 0 Å². The highest BCUT2D eigenvalue weighted by atomic mass is 79.9. The summed E-state index contributed by atoms with van der Waals surface area (Å²) in [6, 6.07) is 17.9. The van der Waals surface area contributed by atoms with E-state index in [2.05, 4.69) is 43.8 Å². The first-order valence-corrected chi connectivity index (χ1v) is 12.6. The number of hydrogen-bond acceptors (Lipinski definition) is 6. The predicted octanol–water partition coefficient (Wildman–Crippen LogP) is 4.61. The molecule has 39 heavy (non-hydrogen) atoms. The summed E-state index contributed by atoms with van der Waals surface area (Å²) in [5, 5.41) is 11.0. The number of anilines is 2. The third-order valence-corrected chi connectivity index (χ3v) is 6.48. The van der Waals surface area contributed by atoms with Crippen LogP contribution in [0.25, 0.3) is 0 Å². The highest BCUT2D eigenvalue weighted by molar-refractivity contribution is 9.10. The molecule has 0 aromatic heterocycles. The van der Waals surface area contributed by atoms with Gasteiger partial charge in [-0.25, -0.2) is 4.79 Å². The molecule has 0 aliphatic carbocycles. The molecule has 3 aromatic carbocycles. The molecule has 0 saturated carbocycles. The zero-order valence-electron chi connectivity index (χ0n) is 21.2. The number of carbonyl (C=O) groups is 3. The maximum Gasteiger partial charge on any atom is 0.319 e. The van der Waals surface area contributed by atoms with E-state index in [-0.39, 0.29) is 18.2 Å². The molecule has 4 rings (SSSR count). The van der Waals surface area contributed by atoms with E-state index >= 15 is 0 Å². The van der Waals surface area contributed by atoms with Gasteiger partial charge in [0.25, 0.3) is 5.91 Å². The molecule has 10 nitrogen and oxygen atoms in total. The van der Waals surface area contributed by atoms with Gasteiger partial charge in [-0.3, -0.25) is 9.59 Å². The van der Waals surface area contributed by atoms with E-state index < -0.39 is 23.9 Å². The Labute approximate surface area is 233 Å². The van der Waals surface area contributed by atoms with Gasteiger partial charge >= 0.3 is 6.03 Å². The molecular formula is C28H27BrN4O6. The molecule has 1 fully saturated rings. The molecular weight excluding hydrogens is 568 g/mol. The highest BCUT2D eigenvalue weighted by Gasteiger charge is 2.38. The lowest BCUT2D eigenvalue weighted by Crippen LogP contribution is -2.51. The molecule has 0 radical (unpaired) electrons. The van der Waals surface area contributed by atoms with Gasteiger partial charge in [0.2, 0.25) is 5.91 Å². The molecule has 3 aromatic rings. The van der Waals surface area contributed by atoms with Crippen LogP contribution in [-0.4, -0.2) is 38.7 Å². The van der Waals surface area contributed by atoms with Crippen LogP contribution in [0.4, 0.5) is 16.2 Å². The van der Waals surface area contributed by atoms with E-state index in [1.165, 1.54) is 14.2 Å². The molecule has 202 valence electrons.